The molecule has 0 radical (unpaired) electrons. The average Bonchev–Trinajstić information content (AvgIpc) is 2.99. The number of amides is 1. The highest BCUT2D eigenvalue weighted by Gasteiger charge is 2.12. The van der Waals surface area contributed by atoms with Gasteiger partial charge >= 0.3 is 0 Å². The van der Waals surface area contributed by atoms with Crippen LogP contribution < -0.4 is 25.4 Å². The molecular formula is C33H34N4O3. The summed E-state index contributed by atoms with van der Waals surface area (Å²) in [6, 6.07) is 32.0. The van der Waals surface area contributed by atoms with Crippen LogP contribution in [0, 0.1) is 11.3 Å². The molecule has 0 fully saturated rings. The van der Waals surface area contributed by atoms with Crippen LogP contribution >= 0.6 is 0 Å². The minimum atomic E-state index is -0.0507. The van der Waals surface area contributed by atoms with E-state index in [0.29, 0.717) is 38.3 Å². The third-order valence-corrected chi connectivity index (χ3v) is 6.35. The van der Waals surface area contributed by atoms with Gasteiger partial charge in [-0.15, -0.1) is 0 Å². The molecule has 0 spiro atoms. The number of para-hydroxylation sites is 1. The minimum Gasteiger partial charge on any atom is -0.494 e. The molecule has 0 saturated heterocycles. The zero-order chi connectivity index (χ0) is 28.2. The van der Waals surface area contributed by atoms with Crippen molar-refractivity contribution in [2.45, 2.75) is 26.6 Å². The average molecular weight is 535 g/mol. The molecule has 40 heavy (non-hydrogen) atoms. The lowest BCUT2D eigenvalue weighted by atomic mass is 10.0. The topological polar surface area (TPSA) is 95.4 Å². The maximum atomic E-state index is 11.2. The molecule has 4 rings (SSSR count). The van der Waals surface area contributed by atoms with Gasteiger partial charge < -0.3 is 25.4 Å². The summed E-state index contributed by atoms with van der Waals surface area (Å²) in [5, 5.41) is 18.9. The fourth-order valence-electron chi connectivity index (χ4n) is 4.40. The van der Waals surface area contributed by atoms with E-state index in [1.807, 2.05) is 60.7 Å². The van der Waals surface area contributed by atoms with Gasteiger partial charge in [0.15, 0.2) is 0 Å². The van der Waals surface area contributed by atoms with E-state index in [4.69, 9.17) is 9.47 Å². The molecule has 0 saturated carbocycles. The molecule has 1 amide bonds. The van der Waals surface area contributed by atoms with Gasteiger partial charge in [0.25, 0.3) is 0 Å². The second-order valence-corrected chi connectivity index (χ2v) is 9.31. The van der Waals surface area contributed by atoms with Crippen LogP contribution in [0.15, 0.2) is 91.0 Å². The Balaban J connectivity index is 1.49. The molecule has 4 aromatic rings. The molecule has 0 aromatic heterocycles. The maximum Gasteiger partial charge on any atom is 0.216 e. The lowest BCUT2D eigenvalue weighted by molar-refractivity contribution is -0.118. The molecule has 0 aliphatic carbocycles. The number of methoxy groups -OCH3 is 1. The standard InChI is InChI=1S/C33H34N4O3/c1-24(38)36-17-16-35-22-29-19-26(14-15-32(29)40-23-27-9-6-8-25(18-27)20-34)21-37-31-13-7-12-30(33(31)39-2)28-10-4-3-5-11-28/h3-15,18-19,35,37H,16-17,21-23H2,1-2H3,(H,36,38). The van der Waals surface area contributed by atoms with Crippen LogP contribution in [0.1, 0.15) is 29.2 Å². The summed E-state index contributed by atoms with van der Waals surface area (Å²) in [5.41, 5.74) is 6.66. The number of carbonyl (C=O) groups excluding carboxylic acids is 1. The summed E-state index contributed by atoms with van der Waals surface area (Å²) in [6.07, 6.45) is 0. The molecular weight excluding hydrogens is 500 g/mol. The van der Waals surface area contributed by atoms with E-state index in [-0.39, 0.29) is 5.91 Å². The molecule has 7 heteroatoms. The number of rotatable bonds is 13. The van der Waals surface area contributed by atoms with E-state index in [0.717, 1.165) is 45.0 Å². The second-order valence-electron chi connectivity index (χ2n) is 9.31. The highest BCUT2D eigenvalue weighted by Crippen LogP contribution is 2.36. The highest BCUT2D eigenvalue weighted by molar-refractivity contribution is 5.78. The first-order valence-electron chi connectivity index (χ1n) is 13.2. The largest absolute Gasteiger partial charge is 0.494 e. The number of carbonyl (C=O) groups is 1. The van der Waals surface area contributed by atoms with Crippen molar-refractivity contribution in [1.29, 1.82) is 5.26 Å². The number of ether oxygens (including phenoxy) is 2. The van der Waals surface area contributed by atoms with Crippen molar-refractivity contribution in [1.82, 2.24) is 10.6 Å². The maximum absolute atomic E-state index is 11.2. The van der Waals surface area contributed by atoms with Crippen LogP contribution in [-0.4, -0.2) is 26.1 Å². The predicted molar refractivity (Wildman–Crippen MR) is 158 cm³/mol. The summed E-state index contributed by atoms with van der Waals surface area (Å²) >= 11 is 0. The third-order valence-electron chi connectivity index (χ3n) is 6.35. The summed E-state index contributed by atoms with van der Waals surface area (Å²) < 4.78 is 12.0. The number of nitriles is 1. The van der Waals surface area contributed by atoms with Gasteiger partial charge in [-0.05, 0) is 47.0 Å². The number of nitrogens with one attached hydrogen (secondary N) is 3. The normalized spacial score (nSPS) is 10.4. The third kappa shape index (κ3) is 7.85. The summed E-state index contributed by atoms with van der Waals surface area (Å²) in [4.78, 5) is 11.2. The van der Waals surface area contributed by atoms with Crippen LogP contribution in [0.3, 0.4) is 0 Å². The Hall–Kier alpha value is -4.80. The molecule has 204 valence electrons. The van der Waals surface area contributed by atoms with Crippen molar-refractivity contribution in [3.05, 3.63) is 113 Å². The van der Waals surface area contributed by atoms with E-state index >= 15 is 0 Å². The first kappa shape index (κ1) is 28.2. The molecule has 0 bridgehead atoms. The smallest absolute Gasteiger partial charge is 0.216 e. The number of benzene rings is 4. The number of hydrogen-bond acceptors (Lipinski definition) is 6. The van der Waals surface area contributed by atoms with E-state index in [2.05, 4.69) is 46.3 Å². The Bertz CT molecular complexity index is 1460. The van der Waals surface area contributed by atoms with E-state index in [1.165, 1.54) is 6.92 Å². The Labute approximate surface area is 235 Å². The summed E-state index contributed by atoms with van der Waals surface area (Å²) in [6.45, 7) is 4.22. The molecule has 0 atom stereocenters. The Kier molecular flexibility index (Phi) is 10.1. The van der Waals surface area contributed by atoms with Gasteiger partial charge in [0, 0.05) is 44.2 Å². The van der Waals surface area contributed by atoms with Gasteiger partial charge in [-0.1, -0.05) is 60.7 Å². The Morgan fingerprint density at radius 1 is 0.875 bits per heavy atom. The van der Waals surface area contributed by atoms with Crippen molar-refractivity contribution >= 4 is 11.6 Å². The van der Waals surface area contributed by atoms with Crippen molar-refractivity contribution in [2.75, 3.05) is 25.5 Å². The van der Waals surface area contributed by atoms with Crippen LogP contribution in [0.25, 0.3) is 11.1 Å². The van der Waals surface area contributed by atoms with Gasteiger partial charge in [0.1, 0.15) is 18.1 Å². The second kappa shape index (κ2) is 14.4. The Morgan fingerprint density at radius 3 is 2.48 bits per heavy atom. The fraction of sp³-hybridized carbons (Fsp3) is 0.212. The van der Waals surface area contributed by atoms with E-state index in [1.54, 1.807) is 13.2 Å². The monoisotopic (exact) mass is 534 g/mol. The van der Waals surface area contributed by atoms with Crippen molar-refractivity contribution in [3.8, 4) is 28.7 Å². The van der Waals surface area contributed by atoms with Gasteiger partial charge in [0.05, 0.1) is 24.4 Å². The first-order valence-corrected chi connectivity index (χ1v) is 13.2. The zero-order valence-electron chi connectivity index (χ0n) is 22.9. The van der Waals surface area contributed by atoms with Crippen molar-refractivity contribution in [2.24, 2.45) is 0 Å². The molecule has 4 aromatic carbocycles. The van der Waals surface area contributed by atoms with Gasteiger partial charge in [0.2, 0.25) is 5.91 Å². The summed E-state index contributed by atoms with van der Waals surface area (Å²) in [5.74, 6) is 1.51. The SMILES string of the molecule is COc1c(NCc2ccc(OCc3cccc(C#N)c3)c(CNCCNC(C)=O)c2)cccc1-c1ccccc1. The molecule has 0 aliphatic heterocycles. The van der Waals surface area contributed by atoms with Crippen molar-refractivity contribution < 1.29 is 14.3 Å². The predicted octanol–water partition coefficient (Wildman–Crippen LogP) is 5.65. The van der Waals surface area contributed by atoms with Gasteiger partial charge in [-0.3, -0.25) is 4.79 Å². The van der Waals surface area contributed by atoms with Crippen LogP contribution in [0.4, 0.5) is 5.69 Å². The van der Waals surface area contributed by atoms with E-state index in [9.17, 15) is 10.1 Å². The lowest BCUT2D eigenvalue weighted by Crippen LogP contribution is -2.30. The highest BCUT2D eigenvalue weighted by atomic mass is 16.5. The molecule has 0 heterocycles. The zero-order valence-corrected chi connectivity index (χ0v) is 22.9. The summed E-state index contributed by atoms with van der Waals surface area (Å²) in [7, 11) is 1.69. The quantitative estimate of drug-likeness (QED) is 0.192. The van der Waals surface area contributed by atoms with Crippen molar-refractivity contribution in [3.63, 3.8) is 0 Å². The molecule has 0 aliphatic rings. The lowest BCUT2D eigenvalue weighted by Gasteiger charge is -2.17. The molecule has 3 N–H and O–H groups in total. The van der Waals surface area contributed by atoms with Crippen LogP contribution in [-0.2, 0) is 24.5 Å². The Morgan fingerprint density at radius 2 is 1.70 bits per heavy atom. The molecule has 7 nitrogen and oxygen atoms in total. The van der Waals surface area contributed by atoms with E-state index < -0.39 is 0 Å². The fourth-order valence-corrected chi connectivity index (χ4v) is 4.40. The van der Waals surface area contributed by atoms with Gasteiger partial charge in [-0.2, -0.15) is 5.26 Å². The number of anilines is 1. The van der Waals surface area contributed by atoms with Gasteiger partial charge in [-0.25, -0.2) is 0 Å². The number of hydrogen-bond donors (Lipinski definition) is 3. The van der Waals surface area contributed by atoms with Crippen LogP contribution in [0.5, 0.6) is 11.5 Å². The number of nitrogens with zero attached hydrogens (tertiary/aromatic N) is 1. The minimum absolute atomic E-state index is 0.0507. The van der Waals surface area contributed by atoms with Crippen LogP contribution in [0.2, 0.25) is 0 Å². The molecule has 0 unspecified atom stereocenters. The first-order chi connectivity index (χ1) is 19.6.